The second-order valence-corrected chi connectivity index (χ2v) is 4.69. The van der Waals surface area contributed by atoms with Crippen LogP contribution < -0.4 is 5.32 Å². The monoisotopic (exact) mass is 269 g/mol. The van der Waals surface area contributed by atoms with Gasteiger partial charge in [-0.1, -0.05) is 29.8 Å². The van der Waals surface area contributed by atoms with Crippen molar-refractivity contribution in [3.8, 4) is 0 Å². The van der Waals surface area contributed by atoms with Crippen LogP contribution in [-0.2, 0) is 4.79 Å². The summed E-state index contributed by atoms with van der Waals surface area (Å²) in [6.45, 7) is 3.96. The molecule has 0 aliphatic rings. The van der Waals surface area contributed by atoms with Crippen LogP contribution in [0.1, 0.15) is 16.7 Å². The smallest absolute Gasteiger partial charge is 0.248 e. The van der Waals surface area contributed by atoms with E-state index in [2.05, 4.69) is 5.32 Å². The Morgan fingerprint density at radius 2 is 1.80 bits per heavy atom. The highest BCUT2D eigenvalue weighted by Crippen LogP contribution is 2.16. The SMILES string of the molecule is Cc1ccc(NC(=O)/C=C/c2ccc(F)cc2)c(C)c1. The van der Waals surface area contributed by atoms with E-state index in [9.17, 15) is 9.18 Å². The fourth-order valence-electron chi connectivity index (χ4n) is 1.87. The summed E-state index contributed by atoms with van der Waals surface area (Å²) in [5.74, 6) is -0.497. The Morgan fingerprint density at radius 3 is 2.45 bits per heavy atom. The van der Waals surface area contributed by atoms with Crippen LogP contribution in [0, 0.1) is 19.7 Å². The number of halogens is 1. The second kappa shape index (κ2) is 6.15. The van der Waals surface area contributed by atoms with E-state index in [4.69, 9.17) is 0 Å². The van der Waals surface area contributed by atoms with Gasteiger partial charge in [0.2, 0.25) is 5.91 Å². The lowest BCUT2D eigenvalue weighted by atomic mass is 10.1. The second-order valence-electron chi connectivity index (χ2n) is 4.69. The number of hydrogen-bond donors (Lipinski definition) is 1. The molecule has 102 valence electrons. The molecule has 0 heterocycles. The van der Waals surface area contributed by atoms with Crippen LogP contribution in [-0.4, -0.2) is 5.91 Å². The molecule has 2 aromatic rings. The molecule has 1 N–H and O–H groups in total. The zero-order valence-corrected chi connectivity index (χ0v) is 11.5. The molecular formula is C17H16FNO. The number of aryl methyl sites for hydroxylation is 2. The van der Waals surface area contributed by atoms with Crippen molar-refractivity contribution in [2.75, 3.05) is 5.32 Å². The maximum atomic E-state index is 12.7. The molecule has 0 saturated carbocycles. The number of anilines is 1. The van der Waals surface area contributed by atoms with Crippen molar-refractivity contribution in [3.63, 3.8) is 0 Å². The van der Waals surface area contributed by atoms with Crippen LogP contribution in [0.5, 0.6) is 0 Å². The summed E-state index contributed by atoms with van der Waals surface area (Å²) in [7, 11) is 0. The summed E-state index contributed by atoms with van der Waals surface area (Å²) in [4.78, 5) is 11.8. The van der Waals surface area contributed by atoms with Gasteiger partial charge in [0.1, 0.15) is 5.82 Å². The van der Waals surface area contributed by atoms with Crippen molar-refractivity contribution in [2.45, 2.75) is 13.8 Å². The summed E-state index contributed by atoms with van der Waals surface area (Å²) in [6.07, 6.45) is 3.09. The van der Waals surface area contributed by atoms with Crippen molar-refractivity contribution in [3.05, 3.63) is 71.0 Å². The van der Waals surface area contributed by atoms with Gasteiger partial charge in [0.15, 0.2) is 0 Å². The molecule has 0 fully saturated rings. The van der Waals surface area contributed by atoms with E-state index < -0.39 is 0 Å². The minimum Gasteiger partial charge on any atom is -0.322 e. The third kappa shape index (κ3) is 3.79. The van der Waals surface area contributed by atoms with Crippen LogP contribution in [0.3, 0.4) is 0 Å². The van der Waals surface area contributed by atoms with E-state index in [-0.39, 0.29) is 11.7 Å². The summed E-state index contributed by atoms with van der Waals surface area (Å²) in [6, 6.07) is 11.8. The zero-order chi connectivity index (χ0) is 14.5. The first-order chi connectivity index (χ1) is 9.54. The summed E-state index contributed by atoms with van der Waals surface area (Å²) >= 11 is 0. The van der Waals surface area contributed by atoms with Crippen molar-refractivity contribution in [1.82, 2.24) is 0 Å². The Labute approximate surface area is 118 Å². The van der Waals surface area contributed by atoms with E-state index in [0.717, 1.165) is 22.4 Å². The van der Waals surface area contributed by atoms with Gasteiger partial charge < -0.3 is 5.32 Å². The molecule has 0 radical (unpaired) electrons. The van der Waals surface area contributed by atoms with Crippen molar-refractivity contribution >= 4 is 17.7 Å². The molecule has 1 amide bonds. The first-order valence-corrected chi connectivity index (χ1v) is 6.36. The lowest BCUT2D eigenvalue weighted by Crippen LogP contribution is -2.08. The predicted molar refractivity (Wildman–Crippen MR) is 80.0 cm³/mol. The average molecular weight is 269 g/mol. The van der Waals surface area contributed by atoms with Gasteiger partial charge in [-0.3, -0.25) is 4.79 Å². The highest BCUT2D eigenvalue weighted by Gasteiger charge is 2.01. The largest absolute Gasteiger partial charge is 0.322 e. The van der Waals surface area contributed by atoms with Crippen LogP contribution in [0.25, 0.3) is 6.08 Å². The van der Waals surface area contributed by atoms with Gasteiger partial charge in [0.25, 0.3) is 0 Å². The lowest BCUT2D eigenvalue weighted by molar-refractivity contribution is -0.111. The molecule has 2 nitrogen and oxygen atoms in total. The van der Waals surface area contributed by atoms with Crippen LogP contribution in [0.4, 0.5) is 10.1 Å². The molecule has 3 heteroatoms. The van der Waals surface area contributed by atoms with E-state index >= 15 is 0 Å². The number of nitrogens with one attached hydrogen (secondary N) is 1. The van der Waals surface area contributed by atoms with Gasteiger partial charge >= 0.3 is 0 Å². The van der Waals surface area contributed by atoms with Gasteiger partial charge in [0, 0.05) is 11.8 Å². The van der Waals surface area contributed by atoms with Gasteiger partial charge in [-0.2, -0.15) is 0 Å². The van der Waals surface area contributed by atoms with Crippen molar-refractivity contribution in [2.24, 2.45) is 0 Å². The molecule has 0 unspecified atom stereocenters. The van der Waals surface area contributed by atoms with E-state index in [0.29, 0.717) is 0 Å². The van der Waals surface area contributed by atoms with Crippen LogP contribution in [0.15, 0.2) is 48.5 Å². The predicted octanol–water partition coefficient (Wildman–Crippen LogP) is 4.09. The minimum absolute atomic E-state index is 0.207. The average Bonchev–Trinajstić information content (AvgIpc) is 2.41. The molecule has 0 atom stereocenters. The van der Waals surface area contributed by atoms with Gasteiger partial charge in [-0.05, 0) is 49.2 Å². The highest BCUT2D eigenvalue weighted by molar-refractivity contribution is 6.02. The molecular weight excluding hydrogens is 253 g/mol. The Morgan fingerprint density at radius 1 is 1.10 bits per heavy atom. The number of rotatable bonds is 3. The molecule has 2 rings (SSSR count). The molecule has 0 spiro atoms. The maximum Gasteiger partial charge on any atom is 0.248 e. The fraction of sp³-hybridized carbons (Fsp3) is 0.118. The topological polar surface area (TPSA) is 29.1 Å². The third-order valence-corrected chi connectivity index (χ3v) is 2.94. The molecule has 0 aliphatic heterocycles. The Kier molecular flexibility index (Phi) is 4.31. The number of carbonyl (C=O) groups is 1. The Hall–Kier alpha value is -2.42. The van der Waals surface area contributed by atoms with E-state index in [1.165, 1.54) is 18.2 Å². The summed E-state index contributed by atoms with van der Waals surface area (Å²) < 4.78 is 12.7. The standard InChI is InChI=1S/C17H16FNO/c1-12-3-9-16(13(2)11-12)19-17(20)10-6-14-4-7-15(18)8-5-14/h3-11H,1-2H3,(H,19,20)/b10-6+. The number of benzene rings is 2. The number of carbonyl (C=O) groups excluding carboxylic acids is 1. The lowest BCUT2D eigenvalue weighted by Gasteiger charge is -2.07. The van der Waals surface area contributed by atoms with Crippen LogP contribution in [0.2, 0.25) is 0 Å². The number of amides is 1. The Bertz CT molecular complexity index is 645. The fourth-order valence-corrected chi connectivity index (χ4v) is 1.87. The number of hydrogen-bond acceptors (Lipinski definition) is 1. The van der Waals surface area contributed by atoms with Crippen molar-refractivity contribution < 1.29 is 9.18 Å². The van der Waals surface area contributed by atoms with Crippen LogP contribution >= 0.6 is 0 Å². The van der Waals surface area contributed by atoms with Gasteiger partial charge in [0.05, 0.1) is 0 Å². The quantitative estimate of drug-likeness (QED) is 0.835. The minimum atomic E-state index is -0.290. The third-order valence-electron chi connectivity index (χ3n) is 2.94. The molecule has 0 aliphatic carbocycles. The maximum absolute atomic E-state index is 12.7. The molecule has 20 heavy (non-hydrogen) atoms. The first-order valence-electron chi connectivity index (χ1n) is 6.36. The van der Waals surface area contributed by atoms with Gasteiger partial charge in [-0.25, -0.2) is 4.39 Å². The highest BCUT2D eigenvalue weighted by atomic mass is 19.1. The van der Waals surface area contributed by atoms with Crippen molar-refractivity contribution in [1.29, 1.82) is 0 Å². The molecule has 2 aromatic carbocycles. The van der Waals surface area contributed by atoms with E-state index in [1.807, 2.05) is 32.0 Å². The molecule has 0 aromatic heterocycles. The summed E-state index contributed by atoms with van der Waals surface area (Å²) in [5, 5.41) is 2.82. The molecule has 0 bridgehead atoms. The van der Waals surface area contributed by atoms with E-state index in [1.54, 1.807) is 18.2 Å². The summed E-state index contributed by atoms with van der Waals surface area (Å²) in [5.41, 5.74) is 3.75. The molecule has 0 saturated heterocycles. The normalized spacial score (nSPS) is 10.8. The van der Waals surface area contributed by atoms with Gasteiger partial charge in [-0.15, -0.1) is 0 Å². The Balaban J connectivity index is 2.03. The first kappa shape index (κ1) is 14.0. The zero-order valence-electron chi connectivity index (χ0n) is 11.5.